The highest BCUT2D eigenvalue weighted by atomic mass is 32.2. The van der Waals surface area contributed by atoms with Crippen molar-refractivity contribution in [1.82, 2.24) is 4.90 Å². The fourth-order valence-electron chi connectivity index (χ4n) is 3.63. The first-order chi connectivity index (χ1) is 9.53. The predicted molar refractivity (Wildman–Crippen MR) is 80.5 cm³/mol. The molecular weight excluding hydrogens is 274 g/mol. The minimum atomic E-state index is -2.86. The molecule has 0 amide bonds. The van der Waals surface area contributed by atoms with Crippen LogP contribution < -0.4 is 0 Å². The summed E-state index contributed by atoms with van der Waals surface area (Å²) in [5.41, 5.74) is 0. The van der Waals surface area contributed by atoms with Gasteiger partial charge in [0.1, 0.15) is 15.6 Å². The third-order valence-electron chi connectivity index (χ3n) is 4.82. The number of nitrogens with zero attached hydrogens (tertiary/aromatic N) is 1. The molecule has 0 aromatic carbocycles. The predicted octanol–water partition coefficient (Wildman–Crippen LogP) is 2.03. The van der Waals surface area contributed by atoms with Gasteiger partial charge in [-0.05, 0) is 45.2 Å². The van der Waals surface area contributed by atoms with Crippen molar-refractivity contribution in [2.45, 2.75) is 57.9 Å². The van der Waals surface area contributed by atoms with Crippen LogP contribution in [0.5, 0.6) is 0 Å². The van der Waals surface area contributed by atoms with Crippen LogP contribution in [0.3, 0.4) is 0 Å². The Labute approximate surface area is 122 Å². The molecule has 0 N–H and O–H groups in total. The van der Waals surface area contributed by atoms with E-state index in [4.69, 9.17) is 0 Å². The van der Waals surface area contributed by atoms with E-state index in [-0.39, 0.29) is 17.4 Å². The first kappa shape index (κ1) is 16.0. The molecule has 0 spiro atoms. The monoisotopic (exact) mass is 301 g/mol. The van der Waals surface area contributed by atoms with Crippen LogP contribution in [0, 0.1) is 5.92 Å². The number of ketones is 1. The smallest absolute Gasteiger partial charge is 0.150 e. The Bertz CT molecular complexity index is 432. The van der Waals surface area contributed by atoms with E-state index in [1.165, 1.54) is 12.8 Å². The van der Waals surface area contributed by atoms with Gasteiger partial charge in [0.25, 0.3) is 0 Å². The fourth-order valence-corrected chi connectivity index (χ4v) is 4.49. The molecule has 20 heavy (non-hydrogen) atoms. The van der Waals surface area contributed by atoms with E-state index in [0.29, 0.717) is 18.2 Å². The Morgan fingerprint density at radius 1 is 1.20 bits per heavy atom. The number of rotatable bonds is 6. The van der Waals surface area contributed by atoms with E-state index in [1.54, 1.807) is 6.92 Å². The lowest BCUT2D eigenvalue weighted by Crippen LogP contribution is -2.46. The summed E-state index contributed by atoms with van der Waals surface area (Å²) in [4.78, 5) is 14.4. The lowest BCUT2D eigenvalue weighted by molar-refractivity contribution is -0.123. The number of hydrogen-bond acceptors (Lipinski definition) is 4. The maximum atomic E-state index is 12.0. The van der Waals surface area contributed by atoms with E-state index in [2.05, 4.69) is 4.90 Å². The normalized spacial score (nSPS) is 28.9. The van der Waals surface area contributed by atoms with Gasteiger partial charge in [-0.3, -0.25) is 9.69 Å². The Morgan fingerprint density at radius 2 is 2.00 bits per heavy atom. The van der Waals surface area contributed by atoms with Crippen molar-refractivity contribution < 1.29 is 13.2 Å². The zero-order chi connectivity index (χ0) is 14.6. The second-order valence-corrected chi connectivity index (χ2v) is 8.63. The molecule has 2 aliphatic rings. The maximum Gasteiger partial charge on any atom is 0.150 e. The van der Waals surface area contributed by atoms with Crippen LogP contribution in [0.25, 0.3) is 0 Å². The van der Waals surface area contributed by atoms with E-state index < -0.39 is 9.84 Å². The van der Waals surface area contributed by atoms with Crippen LogP contribution in [-0.4, -0.2) is 49.7 Å². The van der Waals surface area contributed by atoms with E-state index in [0.717, 1.165) is 38.8 Å². The van der Waals surface area contributed by atoms with Gasteiger partial charge in [0, 0.05) is 24.1 Å². The van der Waals surface area contributed by atoms with Crippen LogP contribution >= 0.6 is 0 Å². The van der Waals surface area contributed by atoms with Gasteiger partial charge >= 0.3 is 0 Å². The highest BCUT2D eigenvalue weighted by Gasteiger charge is 2.36. The number of carbonyl (C=O) groups is 1. The fraction of sp³-hybridized carbons (Fsp3) is 0.933. The summed E-state index contributed by atoms with van der Waals surface area (Å²) < 4.78 is 23.1. The van der Waals surface area contributed by atoms with Crippen molar-refractivity contribution >= 4 is 15.6 Å². The number of carbonyl (C=O) groups excluding carboxylic acids is 1. The maximum absolute atomic E-state index is 12.0. The Kier molecular flexibility index (Phi) is 5.61. The molecule has 1 aliphatic carbocycles. The highest BCUT2D eigenvalue weighted by Crippen LogP contribution is 2.32. The summed E-state index contributed by atoms with van der Waals surface area (Å²) in [6.07, 6.45) is 7.02. The summed E-state index contributed by atoms with van der Waals surface area (Å²) in [7, 11) is -2.86. The number of Topliss-reactive ketones (excluding diaryl/α,β-unsaturated/α-hetero) is 1. The molecule has 116 valence electrons. The topological polar surface area (TPSA) is 54.5 Å². The molecule has 0 aromatic rings. The average Bonchev–Trinajstić information content (AvgIpc) is 2.85. The number of hydrogen-bond donors (Lipinski definition) is 0. The second-order valence-electron chi connectivity index (χ2n) is 6.15. The van der Waals surface area contributed by atoms with Gasteiger partial charge in [-0.15, -0.1) is 0 Å². The number of piperidine rings is 1. The third kappa shape index (κ3) is 4.04. The molecule has 2 rings (SSSR count). The zero-order valence-electron chi connectivity index (χ0n) is 12.5. The molecule has 1 aliphatic heterocycles. The van der Waals surface area contributed by atoms with Gasteiger partial charge in [-0.2, -0.15) is 0 Å². The van der Waals surface area contributed by atoms with E-state index in [1.807, 2.05) is 0 Å². The quantitative estimate of drug-likeness (QED) is 0.753. The molecule has 5 heteroatoms. The Balaban J connectivity index is 1.89. The Hall–Kier alpha value is -0.420. The van der Waals surface area contributed by atoms with Crippen molar-refractivity contribution in [1.29, 1.82) is 0 Å². The average molecular weight is 301 g/mol. The van der Waals surface area contributed by atoms with Gasteiger partial charge < -0.3 is 0 Å². The van der Waals surface area contributed by atoms with Crippen LogP contribution in [0.1, 0.15) is 51.9 Å². The molecule has 1 heterocycles. The number of likely N-dealkylation sites (tertiary alicyclic amines) is 1. The molecule has 2 fully saturated rings. The summed E-state index contributed by atoms with van der Waals surface area (Å²) in [6.45, 7) is 3.56. The summed E-state index contributed by atoms with van der Waals surface area (Å²) >= 11 is 0. The minimum absolute atomic E-state index is 0.220. The molecule has 1 saturated heterocycles. The van der Waals surface area contributed by atoms with Gasteiger partial charge in [0.05, 0.1) is 5.75 Å². The largest absolute Gasteiger partial charge is 0.300 e. The lowest BCUT2D eigenvalue weighted by atomic mass is 9.88. The molecule has 2 unspecified atom stereocenters. The minimum Gasteiger partial charge on any atom is -0.300 e. The van der Waals surface area contributed by atoms with E-state index >= 15 is 0 Å². The summed E-state index contributed by atoms with van der Waals surface area (Å²) in [6, 6.07) is 0.378. The molecule has 0 bridgehead atoms. The van der Waals surface area contributed by atoms with Crippen molar-refractivity contribution in [3.63, 3.8) is 0 Å². The van der Waals surface area contributed by atoms with Gasteiger partial charge in [0.15, 0.2) is 0 Å². The van der Waals surface area contributed by atoms with Crippen LogP contribution in [-0.2, 0) is 14.6 Å². The summed E-state index contributed by atoms with van der Waals surface area (Å²) in [5.74, 6) is 1.17. The van der Waals surface area contributed by atoms with Crippen molar-refractivity contribution in [2.75, 3.05) is 24.6 Å². The number of sulfone groups is 1. The van der Waals surface area contributed by atoms with Crippen molar-refractivity contribution in [3.05, 3.63) is 0 Å². The molecule has 4 nitrogen and oxygen atoms in total. The van der Waals surface area contributed by atoms with Crippen molar-refractivity contribution in [3.8, 4) is 0 Å². The standard InChI is InChI=1S/C15H27NO3S/c1-2-20(18,19)12-6-11-16-10-4-3-8-14(16)13-7-5-9-15(13)17/h13-14H,2-12H2,1H3. The molecule has 1 saturated carbocycles. The van der Waals surface area contributed by atoms with Crippen LogP contribution in [0.15, 0.2) is 0 Å². The van der Waals surface area contributed by atoms with Gasteiger partial charge in [0.2, 0.25) is 0 Å². The highest BCUT2D eigenvalue weighted by molar-refractivity contribution is 7.91. The summed E-state index contributed by atoms with van der Waals surface area (Å²) in [5, 5.41) is 0. The van der Waals surface area contributed by atoms with Crippen LogP contribution in [0.4, 0.5) is 0 Å². The first-order valence-corrected chi connectivity index (χ1v) is 9.83. The van der Waals surface area contributed by atoms with Crippen LogP contribution in [0.2, 0.25) is 0 Å². The van der Waals surface area contributed by atoms with E-state index in [9.17, 15) is 13.2 Å². The molecule has 0 radical (unpaired) electrons. The SMILES string of the molecule is CCS(=O)(=O)CCCN1CCCCC1C1CCCC1=O. The van der Waals surface area contributed by atoms with Gasteiger partial charge in [-0.25, -0.2) is 8.42 Å². The second kappa shape index (κ2) is 7.03. The third-order valence-corrected chi connectivity index (χ3v) is 6.61. The molecular formula is C15H27NO3S. The van der Waals surface area contributed by atoms with Gasteiger partial charge in [-0.1, -0.05) is 13.3 Å². The van der Waals surface area contributed by atoms with Crippen molar-refractivity contribution in [2.24, 2.45) is 5.92 Å². The molecule has 0 aromatic heterocycles. The zero-order valence-corrected chi connectivity index (χ0v) is 13.3. The lowest BCUT2D eigenvalue weighted by Gasteiger charge is -2.38. The first-order valence-electron chi connectivity index (χ1n) is 8.00. The molecule has 2 atom stereocenters. The Morgan fingerprint density at radius 3 is 2.65 bits per heavy atom.